The van der Waals surface area contributed by atoms with Crippen molar-refractivity contribution in [3.8, 4) is 0 Å². The highest BCUT2D eigenvalue weighted by Crippen LogP contribution is 2.24. The van der Waals surface area contributed by atoms with Crippen molar-refractivity contribution in [2.75, 3.05) is 4.72 Å². The van der Waals surface area contributed by atoms with Crippen LogP contribution in [0.5, 0.6) is 0 Å². The summed E-state index contributed by atoms with van der Waals surface area (Å²) in [6, 6.07) is 2.64. The number of hydrogen-bond donors (Lipinski definition) is 1. The lowest BCUT2D eigenvalue weighted by Gasteiger charge is -2.12. The summed E-state index contributed by atoms with van der Waals surface area (Å²) >= 11 is 0. The van der Waals surface area contributed by atoms with Crippen LogP contribution in [0.15, 0.2) is 18.2 Å². The fraction of sp³-hybridized carbons (Fsp3) is 0.0769. The predicted molar refractivity (Wildman–Crippen MR) is 79.0 cm³/mol. The molecule has 0 aliphatic rings. The maximum Gasteiger partial charge on any atom is 0.355 e. The molecule has 0 saturated carbocycles. The van der Waals surface area contributed by atoms with Crippen LogP contribution in [0.1, 0.15) is 37.4 Å². The van der Waals surface area contributed by atoms with Gasteiger partial charge in [-0.15, -0.1) is 0 Å². The average molecular weight is 388 g/mol. The number of aldehydes is 2. The lowest BCUT2D eigenvalue weighted by molar-refractivity contribution is 0.102. The van der Waals surface area contributed by atoms with Gasteiger partial charge in [0.1, 0.15) is 5.82 Å². The summed E-state index contributed by atoms with van der Waals surface area (Å²) in [6.45, 7) is 0. The van der Waals surface area contributed by atoms with Crippen LogP contribution in [0.3, 0.4) is 0 Å². The van der Waals surface area contributed by atoms with E-state index in [9.17, 15) is 36.0 Å². The van der Waals surface area contributed by atoms with Crippen LogP contribution in [0.25, 0.3) is 0 Å². The van der Waals surface area contributed by atoms with Gasteiger partial charge >= 0.3 is 5.76 Å². The van der Waals surface area contributed by atoms with E-state index in [0.717, 1.165) is 18.2 Å². The summed E-state index contributed by atoms with van der Waals surface area (Å²) in [4.78, 5) is 44.2. The van der Waals surface area contributed by atoms with Gasteiger partial charge in [-0.3, -0.25) is 19.1 Å². The number of ketones is 1. The highest BCUT2D eigenvalue weighted by molar-refractivity contribution is 7.93. The Bertz CT molecular complexity index is 971. The number of sulfonamides is 1. The third-order valence-electron chi connectivity index (χ3n) is 2.82. The zero-order valence-electron chi connectivity index (χ0n) is 12.4. The van der Waals surface area contributed by atoms with Crippen molar-refractivity contribution < 1.29 is 36.0 Å². The van der Waals surface area contributed by atoms with E-state index in [2.05, 4.69) is 15.0 Å². The van der Waals surface area contributed by atoms with E-state index in [-0.39, 0.29) is 12.6 Å². The molecule has 0 fully saturated rings. The summed E-state index contributed by atoms with van der Waals surface area (Å²) < 4.78 is 62.8. The van der Waals surface area contributed by atoms with Gasteiger partial charge in [0.2, 0.25) is 11.6 Å². The molecule has 26 heavy (non-hydrogen) atoms. The summed E-state index contributed by atoms with van der Waals surface area (Å²) in [6.07, 6.45) is 0.217. The Hall–Kier alpha value is -3.22. The second-order valence-corrected chi connectivity index (χ2v) is 6.16. The van der Waals surface area contributed by atoms with Crippen LogP contribution in [-0.4, -0.2) is 47.5 Å². The number of carbonyl (C=O) groups excluding carboxylic acids is 3. The molecule has 9 nitrogen and oxygen atoms in total. The first-order valence-electron chi connectivity index (χ1n) is 6.49. The minimum Gasteiger partial charge on any atom is -0.294 e. The number of carbonyl (C=O) groups is 3. The number of hydrogen-bond acceptors (Lipinski definition) is 8. The van der Waals surface area contributed by atoms with Gasteiger partial charge in [-0.25, -0.2) is 27.8 Å². The van der Waals surface area contributed by atoms with E-state index in [1.807, 2.05) is 0 Å². The Balaban J connectivity index is 2.59. The molecule has 13 heteroatoms. The average Bonchev–Trinajstić information content (AvgIpc) is 2.62. The number of aromatic nitrogens is 3. The minimum atomic E-state index is -5.28. The number of nitrogens with one attached hydrogen (secondary N) is 1. The fourth-order valence-corrected chi connectivity index (χ4v) is 2.32. The maximum absolute atomic E-state index is 13.9. The summed E-state index contributed by atoms with van der Waals surface area (Å²) in [5.41, 5.74) is -1.77. The molecule has 1 aromatic carbocycles. The van der Waals surface area contributed by atoms with Crippen molar-refractivity contribution in [1.29, 1.82) is 0 Å². The Kier molecular flexibility index (Phi) is 5.40. The van der Waals surface area contributed by atoms with Gasteiger partial charge in [-0.2, -0.15) is 8.78 Å². The number of anilines is 1. The van der Waals surface area contributed by atoms with Crippen LogP contribution < -0.4 is 4.72 Å². The molecule has 0 saturated heterocycles. The van der Waals surface area contributed by atoms with Gasteiger partial charge in [0.25, 0.3) is 10.0 Å². The smallest absolute Gasteiger partial charge is 0.294 e. The standard InChI is InChI=1S/C13H7F3N4O5S/c14-7-3-1-2-6(10(7)20-26(24,25)13(15)16)11(23)12-18-8(4-21)17-9(5-22)19-12/h1-5,13,20H. The molecule has 0 aliphatic carbocycles. The van der Waals surface area contributed by atoms with Crippen molar-refractivity contribution in [3.05, 3.63) is 47.1 Å². The molecule has 136 valence electrons. The molecule has 0 aliphatic heterocycles. The Labute approximate surface area is 143 Å². The molecular formula is C13H7F3N4O5S. The van der Waals surface area contributed by atoms with Gasteiger partial charge in [0, 0.05) is 0 Å². The second-order valence-electron chi connectivity index (χ2n) is 4.51. The minimum absolute atomic E-state index is 0.109. The molecule has 0 unspecified atom stereocenters. The zero-order valence-corrected chi connectivity index (χ0v) is 13.2. The normalized spacial score (nSPS) is 11.2. The number of benzene rings is 1. The number of rotatable bonds is 7. The van der Waals surface area contributed by atoms with Gasteiger partial charge in [-0.05, 0) is 12.1 Å². The lowest BCUT2D eigenvalue weighted by atomic mass is 10.1. The van der Waals surface area contributed by atoms with Crippen molar-refractivity contribution in [3.63, 3.8) is 0 Å². The highest BCUT2D eigenvalue weighted by Gasteiger charge is 2.28. The maximum atomic E-state index is 13.9. The number of alkyl halides is 2. The SMILES string of the molecule is O=Cc1nc(C=O)nc(C(=O)c2cccc(F)c2NS(=O)(=O)C(F)F)n1. The molecule has 0 atom stereocenters. The molecule has 1 heterocycles. The topological polar surface area (TPSA) is 136 Å². The highest BCUT2D eigenvalue weighted by atomic mass is 32.2. The second kappa shape index (κ2) is 7.35. The van der Waals surface area contributed by atoms with Crippen LogP contribution in [0, 0.1) is 5.82 Å². The first-order valence-corrected chi connectivity index (χ1v) is 8.03. The van der Waals surface area contributed by atoms with Crippen LogP contribution in [-0.2, 0) is 10.0 Å². The molecular weight excluding hydrogens is 381 g/mol. The Morgan fingerprint density at radius 1 is 1.08 bits per heavy atom. The zero-order chi connectivity index (χ0) is 19.5. The van der Waals surface area contributed by atoms with E-state index in [4.69, 9.17) is 0 Å². The first-order chi connectivity index (χ1) is 12.2. The third kappa shape index (κ3) is 3.88. The third-order valence-corrected chi connectivity index (χ3v) is 3.78. The van der Waals surface area contributed by atoms with Gasteiger partial charge < -0.3 is 0 Å². The van der Waals surface area contributed by atoms with Crippen molar-refractivity contribution in [2.24, 2.45) is 0 Å². The summed E-state index contributed by atoms with van der Waals surface area (Å²) in [5, 5.41) is 0. The number of para-hydroxylation sites is 1. The van der Waals surface area contributed by atoms with Crippen LogP contribution in [0.2, 0.25) is 0 Å². The van der Waals surface area contributed by atoms with Crippen molar-refractivity contribution in [1.82, 2.24) is 15.0 Å². The first kappa shape index (κ1) is 19.1. The summed E-state index contributed by atoms with van der Waals surface area (Å²) in [7, 11) is -5.28. The fourth-order valence-electron chi connectivity index (χ4n) is 1.74. The lowest BCUT2D eigenvalue weighted by Crippen LogP contribution is -2.23. The number of nitrogens with zero attached hydrogens (tertiary/aromatic N) is 3. The summed E-state index contributed by atoms with van der Waals surface area (Å²) in [5.74, 6) is -8.39. The molecule has 0 spiro atoms. The van der Waals surface area contributed by atoms with Crippen LogP contribution in [0.4, 0.5) is 18.9 Å². The Morgan fingerprint density at radius 3 is 2.15 bits per heavy atom. The van der Waals surface area contributed by atoms with E-state index in [1.165, 1.54) is 4.72 Å². The van der Waals surface area contributed by atoms with E-state index >= 15 is 0 Å². The monoisotopic (exact) mass is 388 g/mol. The van der Waals surface area contributed by atoms with E-state index < -0.39 is 56.1 Å². The largest absolute Gasteiger partial charge is 0.355 e. The van der Waals surface area contributed by atoms with Crippen molar-refractivity contribution in [2.45, 2.75) is 5.76 Å². The molecule has 2 rings (SSSR count). The van der Waals surface area contributed by atoms with Gasteiger partial charge in [0.15, 0.2) is 24.2 Å². The number of halogens is 3. The van der Waals surface area contributed by atoms with E-state index in [0.29, 0.717) is 0 Å². The van der Waals surface area contributed by atoms with Crippen molar-refractivity contribution >= 4 is 34.1 Å². The van der Waals surface area contributed by atoms with Crippen LogP contribution >= 0.6 is 0 Å². The van der Waals surface area contributed by atoms with Gasteiger partial charge in [-0.1, -0.05) is 6.07 Å². The van der Waals surface area contributed by atoms with E-state index in [1.54, 1.807) is 0 Å². The molecule has 2 aromatic rings. The molecule has 1 N–H and O–H groups in total. The predicted octanol–water partition coefficient (Wildman–Crippen LogP) is 0.831. The molecule has 0 bridgehead atoms. The van der Waals surface area contributed by atoms with Gasteiger partial charge in [0.05, 0.1) is 11.3 Å². The molecule has 0 amide bonds. The molecule has 0 radical (unpaired) electrons. The Morgan fingerprint density at radius 2 is 1.65 bits per heavy atom. The molecule has 1 aromatic heterocycles. The quantitative estimate of drug-likeness (QED) is 0.544.